The van der Waals surface area contributed by atoms with E-state index in [4.69, 9.17) is 23.2 Å². The van der Waals surface area contributed by atoms with Crippen LogP contribution in [0, 0.1) is 0 Å². The highest BCUT2D eigenvalue weighted by molar-refractivity contribution is 6.37. The Morgan fingerprint density at radius 1 is 0.900 bits per heavy atom. The number of hydrogen-bond acceptors (Lipinski definition) is 1. The van der Waals surface area contributed by atoms with Crippen LogP contribution in [0.4, 0.5) is 0 Å². The minimum absolute atomic E-state index is 0.459. The molecule has 3 rings (SSSR count). The van der Waals surface area contributed by atoms with Crippen molar-refractivity contribution in [1.82, 2.24) is 4.98 Å². The summed E-state index contributed by atoms with van der Waals surface area (Å²) >= 11 is 12.3. The van der Waals surface area contributed by atoms with Gasteiger partial charge in [-0.2, -0.15) is 0 Å². The molecule has 1 aliphatic rings. The van der Waals surface area contributed by atoms with Crippen molar-refractivity contribution in [3.63, 3.8) is 0 Å². The smallest absolute Gasteiger partial charge is 0.131 e. The number of halogens is 2. The van der Waals surface area contributed by atoms with E-state index in [-0.39, 0.29) is 0 Å². The highest BCUT2D eigenvalue weighted by Crippen LogP contribution is 2.34. The second-order valence-electron chi connectivity index (χ2n) is 5.75. The van der Waals surface area contributed by atoms with Gasteiger partial charge in [0.1, 0.15) is 5.15 Å². The van der Waals surface area contributed by atoms with Crippen molar-refractivity contribution >= 4 is 34.1 Å². The normalized spacial score (nSPS) is 17.9. The van der Waals surface area contributed by atoms with Crippen LogP contribution in [-0.2, 0) is 0 Å². The molecule has 0 unspecified atom stereocenters. The predicted octanol–water partition coefficient (Wildman–Crippen LogP) is 6.37. The van der Waals surface area contributed by atoms with Gasteiger partial charge in [-0.15, -0.1) is 0 Å². The first-order valence-electron chi connectivity index (χ1n) is 7.50. The summed E-state index contributed by atoms with van der Waals surface area (Å²) in [6, 6.07) is 8.20. The maximum atomic E-state index is 6.31. The lowest BCUT2D eigenvalue weighted by molar-refractivity contribution is 0.456. The summed E-state index contributed by atoms with van der Waals surface area (Å²) in [6.07, 6.45) is 9.43. The van der Waals surface area contributed by atoms with Gasteiger partial charge in [0, 0.05) is 5.39 Å². The number of hydrogen-bond donors (Lipinski definition) is 0. The topological polar surface area (TPSA) is 12.9 Å². The molecule has 0 N–H and O–H groups in total. The predicted molar refractivity (Wildman–Crippen MR) is 86.8 cm³/mol. The van der Waals surface area contributed by atoms with E-state index >= 15 is 0 Å². The van der Waals surface area contributed by atoms with Gasteiger partial charge in [-0.3, -0.25) is 0 Å². The molecule has 1 aliphatic carbocycles. The Morgan fingerprint density at radius 3 is 2.35 bits per heavy atom. The Kier molecular flexibility index (Phi) is 4.48. The van der Waals surface area contributed by atoms with Gasteiger partial charge < -0.3 is 0 Å². The highest BCUT2D eigenvalue weighted by atomic mass is 35.5. The van der Waals surface area contributed by atoms with Crippen LogP contribution in [0.3, 0.4) is 0 Å². The lowest BCUT2D eigenvalue weighted by Crippen LogP contribution is -2.02. The molecule has 20 heavy (non-hydrogen) atoms. The van der Waals surface area contributed by atoms with Crippen molar-refractivity contribution in [2.24, 2.45) is 0 Å². The SMILES string of the molecule is Clc1cc(Cl)c2cc(C3CCCCCCC3)ccc2n1. The van der Waals surface area contributed by atoms with Crippen molar-refractivity contribution in [2.45, 2.75) is 50.9 Å². The van der Waals surface area contributed by atoms with Crippen LogP contribution in [0.15, 0.2) is 24.3 Å². The zero-order chi connectivity index (χ0) is 13.9. The molecule has 0 atom stereocenters. The summed E-state index contributed by atoms with van der Waals surface area (Å²) in [5.41, 5.74) is 2.29. The Bertz CT molecular complexity index is 601. The number of fused-ring (bicyclic) bond motifs is 1. The lowest BCUT2D eigenvalue weighted by atomic mass is 9.85. The van der Waals surface area contributed by atoms with Gasteiger partial charge in [0.2, 0.25) is 0 Å². The van der Waals surface area contributed by atoms with Crippen LogP contribution < -0.4 is 0 Å². The Balaban J connectivity index is 1.95. The van der Waals surface area contributed by atoms with Crippen molar-refractivity contribution in [1.29, 1.82) is 0 Å². The summed E-state index contributed by atoms with van der Waals surface area (Å²) < 4.78 is 0. The van der Waals surface area contributed by atoms with E-state index < -0.39 is 0 Å². The molecule has 1 saturated carbocycles. The van der Waals surface area contributed by atoms with Gasteiger partial charge in [-0.05, 0) is 42.5 Å². The summed E-state index contributed by atoms with van der Waals surface area (Å²) in [5.74, 6) is 0.673. The van der Waals surface area contributed by atoms with Gasteiger partial charge in [0.25, 0.3) is 0 Å². The Hall–Kier alpha value is -0.790. The minimum atomic E-state index is 0.459. The fourth-order valence-electron chi connectivity index (χ4n) is 3.22. The van der Waals surface area contributed by atoms with Crippen molar-refractivity contribution in [3.8, 4) is 0 Å². The van der Waals surface area contributed by atoms with Gasteiger partial charge >= 0.3 is 0 Å². The van der Waals surface area contributed by atoms with E-state index in [9.17, 15) is 0 Å². The molecule has 0 spiro atoms. The number of pyridine rings is 1. The van der Waals surface area contributed by atoms with Gasteiger partial charge in [-0.25, -0.2) is 4.98 Å². The third kappa shape index (κ3) is 3.10. The molecule has 2 aromatic rings. The van der Waals surface area contributed by atoms with Gasteiger partial charge in [0.05, 0.1) is 10.5 Å². The van der Waals surface area contributed by atoms with Crippen LogP contribution >= 0.6 is 23.2 Å². The fraction of sp³-hybridized carbons (Fsp3) is 0.471. The third-order valence-corrected chi connectivity index (χ3v) is 4.83. The molecule has 3 heteroatoms. The van der Waals surface area contributed by atoms with E-state index in [1.165, 1.54) is 50.5 Å². The third-order valence-electron chi connectivity index (χ3n) is 4.33. The average Bonchev–Trinajstić information content (AvgIpc) is 2.38. The first kappa shape index (κ1) is 14.2. The molecule has 0 bridgehead atoms. The lowest BCUT2D eigenvalue weighted by Gasteiger charge is -2.20. The maximum absolute atomic E-state index is 6.31. The van der Waals surface area contributed by atoms with E-state index in [0.29, 0.717) is 16.1 Å². The number of rotatable bonds is 1. The van der Waals surface area contributed by atoms with Crippen molar-refractivity contribution in [2.75, 3.05) is 0 Å². The first-order chi connectivity index (χ1) is 9.74. The summed E-state index contributed by atoms with van der Waals surface area (Å²) in [5, 5.41) is 2.18. The summed E-state index contributed by atoms with van der Waals surface area (Å²) in [6.45, 7) is 0. The largest absolute Gasteiger partial charge is 0.236 e. The van der Waals surface area contributed by atoms with E-state index in [1.807, 2.05) is 0 Å². The van der Waals surface area contributed by atoms with Gasteiger partial charge in [-0.1, -0.05) is 61.4 Å². The number of aromatic nitrogens is 1. The molecule has 0 aliphatic heterocycles. The van der Waals surface area contributed by atoms with Crippen LogP contribution in [-0.4, -0.2) is 4.98 Å². The van der Waals surface area contributed by atoms with E-state index in [1.54, 1.807) is 6.07 Å². The zero-order valence-corrected chi connectivity index (χ0v) is 13.1. The molecule has 1 aromatic carbocycles. The molecular formula is C17H19Cl2N. The molecule has 0 amide bonds. The average molecular weight is 308 g/mol. The maximum Gasteiger partial charge on any atom is 0.131 e. The Labute approximate surface area is 130 Å². The van der Waals surface area contributed by atoms with Crippen LogP contribution in [0.2, 0.25) is 10.2 Å². The van der Waals surface area contributed by atoms with Crippen LogP contribution in [0.25, 0.3) is 10.9 Å². The molecule has 1 nitrogen and oxygen atoms in total. The first-order valence-corrected chi connectivity index (χ1v) is 8.25. The molecule has 106 valence electrons. The van der Waals surface area contributed by atoms with E-state index in [0.717, 1.165) is 10.9 Å². The number of benzene rings is 1. The second kappa shape index (κ2) is 6.32. The molecular weight excluding hydrogens is 289 g/mol. The minimum Gasteiger partial charge on any atom is -0.236 e. The second-order valence-corrected chi connectivity index (χ2v) is 6.54. The fourth-order valence-corrected chi connectivity index (χ4v) is 3.73. The monoisotopic (exact) mass is 307 g/mol. The van der Waals surface area contributed by atoms with Gasteiger partial charge in [0.15, 0.2) is 0 Å². The van der Waals surface area contributed by atoms with Crippen LogP contribution in [0.5, 0.6) is 0 Å². The summed E-state index contributed by atoms with van der Waals surface area (Å²) in [7, 11) is 0. The molecule has 1 heterocycles. The highest BCUT2D eigenvalue weighted by Gasteiger charge is 2.15. The molecule has 1 fully saturated rings. The van der Waals surface area contributed by atoms with Crippen LogP contribution in [0.1, 0.15) is 56.4 Å². The quantitative estimate of drug-likeness (QED) is 0.558. The molecule has 0 radical (unpaired) electrons. The number of nitrogens with zero attached hydrogens (tertiary/aromatic N) is 1. The Morgan fingerprint density at radius 2 is 1.60 bits per heavy atom. The summed E-state index contributed by atoms with van der Waals surface area (Å²) in [4.78, 5) is 4.34. The zero-order valence-electron chi connectivity index (χ0n) is 11.5. The standard InChI is InChI=1S/C17H19Cl2N/c18-15-11-17(19)20-16-9-8-13(10-14(15)16)12-6-4-2-1-3-5-7-12/h8-12H,1-7H2. The van der Waals surface area contributed by atoms with Crippen molar-refractivity contribution < 1.29 is 0 Å². The van der Waals surface area contributed by atoms with E-state index in [2.05, 4.69) is 23.2 Å². The molecule has 0 saturated heterocycles. The van der Waals surface area contributed by atoms with Crippen molar-refractivity contribution in [3.05, 3.63) is 40.0 Å². The molecule has 1 aromatic heterocycles.